The summed E-state index contributed by atoms with van der Waals surface area (Å²) in [5.74, 6) is -0.600. The molecule has 0 radical (unpaired) electrons. The van der Waals surface area contributed by atoms with Crippen molar-refractivity contribution in [2.45, 2.75) is 11.4 Å². The van der Waals surface area contributed by atoms with E-state index in [1.807, 2.05) is 30.3 Å². The van der Waals surface area contributed by atoms with E-state index in [0.29, 0.717) is 6.54 Å². The second-order valence-corrected chi connectivity index (χ2v) is 6.07. The average molecular weight is 294 g/mol. The topological polar surface area (TPSA) is 58.2 Å². The Morgan fingerprint density at radius 1 is 1.10 bits per heavy atom. The van der Waals surface area contributed by atoms with Crippen LogP contribution in [0.3, 0.4) is 0 Å². The van der Waals surface area contributed by atoms with Crippen molar-refractivity contribution in [1.82, 2.24) is 4.72 Å². The van der Waals surface area contributed by atoms with Crippen molar-refractivity contribution < 1.29 is 12.8 Å². The fraction of sp³-hybridized carbons (Fsp3) is 0.143. The molecule has 0 saturated heterocycles. The molecule has 2 aromatic carbocycles. The third-order valence-electron chi connectivity index (χ3n) is 2.85. The monoisotopic (exact) mass is 294 g/mol. The van der Waals surface area contributed by atoms with Gasteiger partial charge < -0.3 is 5.32 Å². The van der Waals surface area contributed by atoms with E-state index < -0.39 is 15.8 Å². The molecule has 2 rings (SSSR count). The number of benzene rings is 2. The van der Waals surface area contributed by atoms with Crippen LogP contribution in [0.15, 0.2) is 53.4 Å². The maximum Gasteiger partial charge on any atom is 0.240 e. The number of nitrogens with one attached hydrogen (secondary N) is 2. The first kappa shape index (κ1) is 14.5. The van der Waals surface area contributed by atoms with Crippen LogP contribution in [0.5, 0.6) is 0 Å². The molecule has 4 nitrogen and oxygen atoms in total. The van der Waals surface area contributed by atoms with Crippen molar-refractivity contribution in [3.63, 3.8) is 0 Å². The Balaban J connectivity index is 2.15. The number of sulfonamides is 1. The molecule has 0 bridgehead atoms. The highest BCUT2D eigenvalue weighted by molar-refractivity contribution is 7.89. The molecule has 0 atom stereocenters. The number of halogens is 1. The Morgan fingerprint density at radius 2 is 1.80 bits per heavy atom. The third-order valence-corrected chi connectivity index (χ3v) is 4.26. The van der Waals surface area contributed by atoms with Gasteiger partial charge in [0.15, 0.2) is 0 Å². The Kier molecular flexibility index (Phi) is 4.36. The van der Waals surface area contributed by atoms with Crippen molar-refractivity contribution in [3.05, 3.63) is 59.9 Å². The van der Waals surface area contributed by atoms with Gasteiger partial charge in [-0.2, -0.15) is 0 Å². The van der Waals surface area contributed by atoms with Gasteiger partial charge in [-0.15, -0.1) is 0 Å². The highest BCUT2D eigenvalue weighted by Crippen LogP contribution is 2.19. The fourth-order valence-corrected chi connectivity index (χ4v) is 2.46. The largest absolute Gasteiger partial charge is 0.379 e. The zero-order chi connectivity index (χ0) is 14.6. The molecule has 0 spiro atoms. The molecule has 0 amide bonds. The van der Waals surface area contributed by atoms with Gasteiger partial charge in [-0.1, -0.05) is 30.3 Å². The van der Waals surface area contributed by atoms with Crippen LogP contribution < -0.4 is 10.0 Å². The Labute approximate surface area is 117 Å². The van der Waals surface area contributed by atoms with E-state index in [1.54, 1.807) is 0 Å². The van der Waals surface area contributed by atoms with E-state index in [1.165, 1.54) is 19.2 Å². The van der Waals surface area contributed by atoms with Gasteiger partial charge in [0.05, 0.1) is 10.6 Å². The number of anilines is 1. The summed E-state index contributed by atoms with van der Waals surface area (Å²) in [4.78, 5) is -0.0947. The van der Waals surface area contributed by atoms with Crippen molar-refractivity contribution >= 4 is 15.7 Å². The Hall–Kier alpha value is -1.92. The zero-order valence-electron chi connectivity index (χ0n) is 10.9. The molecule has 2 N–H and O–H groups in total. The number of hydrogen-bond acceptors (Lipinski definition) is 3. The minimum absolute atomic E-state index is 0.0947. The SMILES string of the molecule is CNS(=O)(=O)c1ccc(NCc2ccccc2)c(F)c1. The lowest BCUT2D eigenvalue weighted by Gasteiger charge is -2.09. The van der Waals surface area contributed by atoms with Crippen LogP contribution in [0.4, 0.5) is 10.1 Å². The van der Waals surface area contributed by atoms with Gasteiger partial charge in [0.2, 0.25) is 10.0 Å². The minimum atomic E-state index is -3.62. The quantitative estimate of drug-likeness (QED) is 0.890. The van der Waals surface area contributed by atoms with E-state index in [4.69, 9.17) is 0 Å². The molecule has 0 saturated carbocycles. The molecule has 6 heteroatoms. The summed E-state index contributed by atoms with van der Waals surface area (Å²) < 4.78 is 39.1. The molecule has 0 heterocycles. The maximum absolute atomic E-state index is 13.9. The summed E-state index contributed by atoms with van der Waals surface area (Å²) in [5.41, 5.74) is 1.28. The Morgan fingerprint density at radius 3 is 2.40 bits per heavy atom. The molecule has 0 aliphatic carbocycles. The predicted octanol–water partition coefficient (Wildman–Crippen LogP) is 2.35. The summed E-state index contributed by atoms with van der Waals surface area (Å²) in [6, 6.07) is 13.3. The van der Waals surface area contributed by atoms with Crippen molar-refractivity contribution in [1.29, 1.82) is 0 Å². The molecule has 0 fully saturated rings. The van der Waals surface area contributed by atoms with E-state index in [-0.39, 0.29) is 10.6 Å². The van der Waals surface area contributed by atoms with Crippen LogP contribution in [-0.4, -0.2) is 15.5 Å². The Bertz CT molecular complexity index is 688. The molecule has 0 aliphatic heterocycles. The lowest BCUT2D eigenvalue weighted by atomic mass is 10.2. The van der Waals surface area contributed by atoms with Crippen LogP contribution in [0.25, 0.3) is 0 Å². The van der Waals surface area contributed by atoms with E-state index in [0.717, 1.165) is 11.6 Å². The molecule has 2 aromatic rings. The molecular weight excluding hydrogens is 279 g/mol. The highest BCUT2D eigenvalue weighted by atomic mass is 32.2. The molecule has 106 valence electrons. The second kappa shape index (κ2) is 6.02. The smallest absolute Gasteiger partial charge is 0.240 e. The first-order valence-corrected chi connectivity index (χ1v) is 7.52. The van der Waals surface area contributed by atoms with Gasteiger partial charge >= 0.3 is 0 Å². The van der Waals surface area contributed by atoms with Gasteiger partial charge in [0.1, 0.15) is 5.82 Å². The molecule has 0 aromatic heterocycles. The van der Waals surface area contributed by atoms with Gasteiger partial charge in [-0.25, -0.2) is 17.5 Å². The van der Waals surface area contributed by atoms with Gasteiger partial charge in [0, 0.05) is 6.54 Å². The molecule has 20 heavy (non-hydrogen) atoms. The normalized spacial score (nSPS) is 11.3. The van der Waals surface area contributed by atoms with Gasteiger partial charge in [-0.3, -0.25) is 0 Å². The summed E-state index contributed by atoms with van der Waals surface area (Å²) in [5, 5.41) is 2.94. The summed E-state index contributed by atoms with van der Waals surface area (Å²) in [6.45, 7) is 0.468. The van der Waals surface area contributed by atoms with Crippen molar-refractivity contribution in [2.24, 2.45) is 0 Å². The van der Waals surface area contributed by atoms with Gasteiger partial charge in [-0.05, 0) is 30.8 Å². The number of hydrogen-bond donors (Lipinski definition) is 2. The van der Waals surface area contributed by atoms with Crippen LogP contribution in [0, 0.1) is 5.82 Å². The van der Waals surface area contributed by atoms with E-state index in [9.17, 15) is 12.8 Å². The van der Waals surface area contributed by atoms with Crippen molar-refractivity contribution in [2.75, 3.05) is 12.4 Å². The highest BCUT2D eigenvalue weighted by Gasteiger charge is 2.13. The summed E-state index contributed by atoms with van der Waals surface area (Å²) >= 11 is 0. The summed E-state index contributed by atoms with van der Waals surface area (Å²) in [7, 11) is -2.34. The average Bonchev–Trinajstić information content (AvgIpc) is 2.47. The first-order valence-electron chi connectivity index (χ1n) is 6.04. The fourth-order valence-electron chi connectivity index (χ4n) is 1.72. The van der Waals surface area contributed by atoms with E-state index >= 15 is 0 Å². The molecular formula is C14H15FN2O2S. The van der Waals surface area contributed by atoms with Crippen LogP contribution in [-0.2, 0) is 16.6 Å². The standard InChI is InChI=1S/C14H15FN2O2S/c1-16-20(18,19)12-7-8-14(13(15)9-12)17-10-11-5-3-2-4-6-11/h2-9,16-17H,10H2,1H3. The summed E-state index contributed by atoms with van der Waals surface area (Å²) in [6.07, 6.45) is 0. The lowest BCUT2D eigenvalue weighted by Crippen LogP contribution is -2.18. The van der Waals surface area contributed by atoms with Crippen LogP contribution in [0.2, 0.25) is 0 Å². The van der Waals surface area contributed by atoms with Gasteiger partial charge in [0.25, 0.3) is 0 Å². The maximum atomic E-state index is 13.9. The van der Waals surface area contributed by atoms with Crippen molar-refractivity contribution in [3.8, 4) is 0 Å². The third kappa shape index (κ3) is 3.34. The molecule has 0 unspecified atom stereocenters. The predicted molar refractivity (Wildman–Crippen MR) is 76.4 cm³/mol. The lowest BCUT2D eigenvalue weighted by molar-refractivity contribution is 0.584. The molecule has 0 aliphatic rings. The van der Waals surface area contributed by atoms with Crippen LogP contribution >= 0.6 is 0 Å². The number of rotatable bonds is 5. The zero-order valence-corrected chi connectivity index (χ0v) is 11.7. The second-order valence-electron chi connectivity index (χ2n) is 4.19. The first-order chi connectivity index (χ1) is 9.53. The van der Waals surface area contributed by atoms with Crippen LogP contribution in [0.1, 0.15) is 5.56 Å². The van der Waals surface area contributed by atoms with E-state index in [2.05, 4.69) is 10.0 Å². The minimum Gasteiger partial charge on any atom is -0.379 e.